The van der Waals surface area contributed by atoms with Gasteiger partial charge in [-0.15, -0.1) is 0 Å². The molecule has 0 saturated heterocycles. The van der Waals surface area contributed by atoms with Crippen molar-refractivity contribution in [2.24, 2.45) is 0 Å². The van der Waals surface area contributed by atoms with Crippen LogP contribution in [0.25, 0.3) is 0 Å². The fourth-order valence-corrected chi connectivity index (χ4v) is 6.21. The molecule has 2 unspecified atom stereocenters. The van der Waals surface area contributed by atoms with E-state index >= 15 is 0 Å². The minimum atomic E-state index is -1.64. The molecule has 0 N–H and O–H groups in total. The lowest BCUT2D eigenvalue weighted by Gasteiger charge is -2.26. The molecular formula is C58H93NO8. The van der Waals surface area contributed by atoms with Gasteiger partial charge in [-0.3, -0.25) is 9.59 Å². The van der Waals surface area contributed by atoms with Gasteiger partial charge in [0, 0.05) is 12.8 Å². The average Bonchev–Trinajstić information content (AvgIpc) is 3.29. The zero-order valence-corrected chi connectivity index (χ0v) is 42.7. The molecule has 9 heteroatoms. The molecule has 0 rings (SSSR count). The third-order valence-electron chi connectivity index (χ3n) is 10.2. The topological polar surface area (TPSA) is 111 Å². The molecule has 0 aliphatic heterocycles. The van der Waals surface area contributed by atoms with E-state index in [1.54, 1.807) is 0 Å². The molecule has 9 nitrogen and oxygen atoms in total. The summed E-state index contributed by atoms with van der Waals surface area (Å²) in [5.74, 6) is -2.36. The Hall–Kier alpha value is -4.31. The van der Waals surface area contributed by atoms with Crippen molar-refractivity contribution in [3.8, 4) is 0 Å². The minimum absolute atomic E-state index is 0.133. The molecular weight excluding hydrogens is 839 g/mol. The third kappa shape index (κ3) is 49.4. The minimum Gasteiger partial charge on any atom is -0.545 e. The molecule has 0 bridgehead atoms. The number of aliphatic carboxylic acids is 1. The van der Waals surface area contributed by atoms with E-state index in [0.29, 0.717) is 17.4 Å². The van der Waals surface area contributed by atoms with E-state index in [9.17, 15) is 19.5 Å². The number of likely N-dealkylation sites (N-methyl/N-ethyl adjacent to an activating group) is 1. The highest BCUT2D eigenvalue weighted by molar-refractivity contribution is 5.70. The second-order valence-electron chi connectivity index (χ2n) is 17.7. The van der Waals surface area contributed by atoms with Crippen LogP contribution in [0.1, 0.15) is 168 Å². The van der Waals surface area contributed by atoms with Gasteiger partial charge in [-0.2, -0.15) is 0 Å². The lowest BCUT2D eigenvalue weighted by molar-refractivity contribution is -0.870. The quantitative estimate of drug-likeness (QED) is 0.0195. The summed E-state index contributed by atoms with van der Waals surface area (Å²) in [6.45, 7) is 4.50. The number of unbranched alkanes of at least 4 members (excludes halogenated alkanes) is 10. The Morgan fingerprint density at radius 2 is 0.851 bits per heavy atom. The second kappa shape index (κ2) is 48.2. The average molecular weight is 932 g/mol. The molecule has 0 spiro atoms. The summed E-state index contributed by atoms with van der Waals surface area (Å²) in [6, 6.07) is 0. The molecule has 0 aromatic rings. The zero-order valence-electron chi connectivity index (χ0n) is 42.7. The van der Waals surface area contributed by atoms with Crippen LogP contribution in [-0.4, -0.2) is 82.3 Å². The van der Waals surface area contributed by atoms with Gasteiger partial charge in [0.2, 0.25) is 0 Å². The van der Waals surface area contributed by atoms with Crippen molar-refractivity contribution >= 4 is 17.9 Å². The Balaban J connectivity index is 4.37. The number of quaternary nitrogens is 1. The van der Waals surface area contributed by atoms with Crippen LogP contribution >= 0.6 is 0 Å². The molecule has 2 atom stereocenters. The van der Waals surface area contributed by atoms with Gasteiger partial charge < -0.3 is 33.3 Å². The Kier molecular flexibility index (Phi) is 45.1. The third-order valence-corrected chi connectivity index (χ3v) is 10.2. The SMILES string of the molecule is CC/C=C\C/C=C\C/C=C\C/C=C\C/C=C\C/C=C\C/C=C\C/C=C\C/C=C\CCCCCC(=O)OC(COC(=O)CCCCCCC/C=C\CCCC)COC(OCC[N+](C)(C)C)C(=O)[O-]. The van der Waals surface area contributed by atoms with Gasteiger partial charge in [-0.25, -0.2) is 0 Å². The maximum atomic E-state index is 12.8. The van der Waals surface area contributed by atoms with Crippen LogP contribution in [0.3, 0.4) is 0 Å². The maximum Gasteiger partial charge on any atom is 0.306 e. The van der Waals surface area contributed by atoms with Crippen molar-refractivity contribution in [2.45, 2.75) is 180 Å². The highest BCUT2D eigenvalue weighted by Gasteiger charge is 2.21. The van der Waals surface area contributed by atoms with Crippen LogP contribution in [0.2, 0.25) is 0 Å². The van der Waals surface area contributed by atoms with E-state index in [0.717, 1.165) is 122 Å². The van der Waals surface area contributed by atoms with Gasteiger partial charge in [-0.1, -0.05) is 174 Å². The molecule has 0 aliphatic carbocycles. The van der Waals surface area contributed by atoms with Crippen LogP contribution in [0.5, 0.6) is 0 Å². The molecule has 0 aliphatic rings. The fourth-order valence-electron chi connectivity index (χ4n) is 6.21. The highest BCUT2D eigenvalue weighted by atomic mass is 16.7. The van der Waals surface area contributed by atoms with Gasteiger partial charge in [-0.05, 0) is 103 Å². The van der Waals surface area contributed by atoms with Crippen LogP contribution in [0, 0.1) is 0 Å². The van der Waals surface area contributed by atoms with Gasteiger partial charge >= 0.3 is 11.9 Å². The smallest absolute Gasteiger partial charge is 0.306 e. The van der Waals surface area contributed by atoms with E-state index in [2.05, 4.69) is 135 Å². The van der Waals surface area contributed by atoms with Gasteiger partial charge in [0.1, 0.15) is 13.2 Å². The van der Waals surface area contributed by atoms with Crippen LogP contribution < -0.4 is 5.11 Å². The summed E-state index contributed by atoms with van der Waals surface area (Å²) in [6.07, 6.45) is 63.9. The monoisotopic (exact) mass is 932 g/mol. The first-order chi connectivity index (χ1) is 32.6. The van der Waals surface area contributed by atoms with Crippen molar-refractivity contribution in [3.05, 3.63) is 122 Å². The zero-order chi connectivity index (χ0) is 49.2. The number of rotatable bonds is 45. The summed E-state index contributed by atoms with van der Waals surface area (Å²) in [4.78, 5) is 37.0. The van der Waals surface area contributed by atoms with E-state index < -0.39 is 24.3 Å². The summed E-state index contributed by atoms with van der Waals surface area (Å²) < 4.78 is 22.5. The summed E-state index contributed by atoms with van der Waals surface area (Å²) in [5, 5.41) is 11.7. The number of allylic oxidation sites excluding steroid dienone is 20. The fraction of sp³-hybridized carbons (Fsp3) is 0.603. The predicted molar refractivity (Wildman–Crippen MR) is 278 cm³/mol. The molecule has 0 saturated carbocycles. The highest BCUT2D eigenvalue weighted by Crippen LogP contribution is 2.12. The van der Waals surface area contributed by atoms with Gasteiger partial charge in [0.15, 0.2) is 12.4 Å². The molecule has 0 aromatic heterocycles. The summed E-state index contributed by atoms with van der Waals surface area (Å²) in [7, 11) is 5.88. The van der Waals surface area contributed by atoms with Crippen molar-refractivity contribution in [1.29, 1.82) is 0 Å². The van der Waals surface area contributed by atoms with Crippen LogP contribution in [-0.2, 0) is 33.3 Å². The molecule has 0 fully saturated rings. The molecule has 0 heterocycles. The number of nitrogens with zero attached hydrogens (tertiary/aromatic N) is 1. The van der Waals surface area contributed by atoms with Crippen molar-refractivity contribution < 1.29 is 42.9 Å². The van der Waals surface area contributed by atoms with Gasteiger partial charge in [0.05, 0.1) is 40.3 Å². The number of carbonyl (C=O) groups excluding carboxylic acids is 3. The Morgan fingerprint density at radius 1 is 0.463 bits per heavy atom. The lowest BCUT2D eigenvalue weighted by Crippen LogP contribution is -2.44. The maximum absolute atomic E-state index is 12.8. The van der Waals surface area contributed by atoms with Crippen molar-refractivity contribution in [1.82, 2.24) is 0 Å². The van der Waals surface area contributed by atoms with Crippen LogP contribution in [0.15, 0.2) is 122 Å². The van der Waals surface area contributed by atoms with E-state index in [1.807, 2.05) is 21.1 Å². The lowest BCUT2D eigenvalue weighted by atomic mass is 10.1. The van der Waals surface area contributed by atoms with E-state index in [-0.39, 0.29) is 38.6 Å². The predicted octanol–water partition coefficient (Wildman–Crippen LogP) is 13.2. The summed E-state index contributed by atoms with van der Waals surface area (Å²) in [5.41, 5.74) is 0. The van der Waals surface area contributed by atoms with E-state index in [1.165, 1.54) is 12.8 Å². The first kappa shape index (κ1) is 62.7. The Morgan fingerprint density at radius 3 is 1.30 bits per heavy atom. The largest absolute Gasteiger partial charge is 0.545 e. The number of ether oxygens (including phenoxy) is 4. The van der Waals surface area contributed by atoms with Crippen molar-refractivity contribution in [3.63, 3.8) is 0 Å². The van der Waals surface area contributed by atoms with Crippen molar-refractivity contribution in [2.75, 3.05) is 47.5 Å². The normalized spacial score (nSPS) is 13.9. The molecule has 0 aromatic carbocycles. The standard InChI is InChI=1S/C58H93NO8/c1-6-8-10-12-14-16-18-19-20-21-22-23-24-25-26-27-28-29-30-31-32-33-34-35-36-37-39-41-43-45-47-49-56(61)67-54(53-66-58(57(62)63)64-51-50-59(3,4)5)52-65-55(60)48-46-44-42-40-38-17-15-13-11-9-7-2/h8,10,13-16,19-20,22-23,25-26,28-29,31-32,34-35,37,39,54,58H,6-7,9,11-12,17-18,21,24,27,30,33,36,38,40-53H2,1-5H3/b10-8-,15-13-,16-14-,20-19-,23-22-,26-25-,29-28-,32-31-,35-34-,39-37-. The molecule has 0 radical (unpaired) electrons. The number of hydrogen-bond acceptors (Lipinski definition) is 8. The summed E-state index contributed by atoms with van der Waals surface area (Å²) >= 11 is 0. The number of carbonyl (C=O) groups is 3. The number of carboxylic acids is 1. The van der Waals surface area contributed by atoms with Gasteiger partial charge in [0.25, 0.3) is 0 Å². The molecule has 0 amide bonds. The van der Waals surface area contributed by atoms with Crippen LogP contribution in [0.4, 0.5) is 0 Å². The molecule has 67 heavy (non-hydrogen) atoms. The first-order valence-corrected chi connectivity index (χ1v) is 25.7. The Bertz CT molecular complexity index is 1510. The second-order valence-corrected chi connectivity index (χ2v) is 17.7. The Labute approximate surface area is 408 Å². The first-order valence-electron chi connectivity index (χ1n) is 25.7. The van der Waals surface area contributed by atoms with E-state index in [4.69, 9.17) is 18.9 Å². The number of carboxylic acid groups (broad SMARTS) is 1. The number of esters is 2. The molecule has 378 valence electrons. The number of hydrogen-bond donors (Lipinski definition) is 0.